The zero-order valence-electron chi connectivity index (χ0n) is 13.3. The lowest BCUT2D eigenvalue weighted by molar-refractivity contribution is -0.141. The predicted octanol–water partition coefficient (Wildman–Crippen LogP) is 4.84. The van der Waals surface area contributed by atoms with Crippen LogP contribution >= 0.6 is 11.8 Å². The van der Waals surface area contributed by atoms with Gasteiger partial charge in [0.2, 0.25) is 0 Å². The second-order valence-electron chi connectivity index (χ2n) is 5.26. The van der Waals surface area contributed by atoms with Crippen LogP contribution in [0.4, 0.5) is 13.2 Å². The van der Waals surface area contributed by atoms with Crippen LogP contribution in [0, 0.1) is 0 Å². The van der Waals surface area contributed by atoms with Crippen molar-refractivity contribution in [3.05, 3.63) is 47.8 Å². The maximum Gasteiger partial charge on any atom is 0.435 e. The standard InChI is InChI=1S/C16H18F3N3OS/c1-3-11(2)22-14(9-15(20-22)16(17,18)19)13(21-23)10-24-12-7-5-4-6-8-12/h4-9,11,23H,3,10H2,1-2H3/b21-13-. The van der Waals surface area contributed by atoms with Gasteiger partial charge in [-0.3, -0.25) is 4.68 Å². The van der Waals surface area contributed by atoms with Gasteiger partial charge in [-0.25, -0.2) is 0 Å². The molecule has 1 atom stereocenters. The van der Waals surface area contributed by atoms with Gasteiger partial charge in [-0.2, -0.15) is 18.3 Å². The van der Waals surface area contributed by atoms with Crippen molar-refractivity contribution < 1.29 is 18.4 Å². The Morgan fingerprint density at radius 2 is 2.00 bits per heavy atom. The van der Waals surface area contributed by atoms with E-state index in [1.54, 1.807) is 6.92 Å². The molecule has 1 unspecified atom stereocenters. The summed E-state index contributed by atoms with van der Waals surface area (Å²) in [6.45, 7) is 3.63. The molecule has 1 aromatic heterocycles. The molecule has 24 heavy (non-hydrogen) atoms. The fourth-order valence-electron chi connectivity index (χ4n) is 2.08. The van der Waals surface area contributed by atoms with E-state index in [1.165, 1.54) is 16.4 Å². The van der Waals surface area contributed by atoms with Crippen molar-refractivity contribution in [3.8, 4) is 0 Å². The first-order valence-electron chi connectivity index (χ1n) is 7.42. The Morgan fingerprint density at radius 1 is 1.33 bits per heavy atom. The molecule has 2 aromatic rings. The molecule has 0 aliphatic rings. The maximum absolute atomic E-state index is 13.0. The van der Waals surface area contributed by atoms with Crippen LogP contribution in [0.1, 0.15) is 37.7 Å². The van der Waals surface area contributed by atoms with E-state index in [0.717, 1.165) is 11.0 Å². The van der Waals surface area contributed by atoms with Crippen molar-refractivity contribution in [3.63, 3.8) is 0 Å². The van der Waals surface area contributed by atoms with Crippen LogP contribution in [-0.2, 0) is 6.18 Å². The lowest BCUT2D eigenvalue weighted by atomic mass is 10.2. The Bertz CT molecular complexity index is 698. The molecular weight excluding hydrogens is 339 g/mol. The summed E-state index contributed by atoms with van der Waals surface area (Å²) < 4.78 is 40.2. The van der Waals surface area contributed by atoms with E-state index in [9.17, 15) is 18.4 Å². The SMILES string of the molecule is CCC(C)n1nc(C(F)(F)F)cc1/C(CSc1ccccc1)=N\O. The molecule has 0 saturated heterocycles. The third-order valence-corrected chi connectivity index (χ3v) is 4.59. The maximum atomic E-state index is 13.0. The average Bonchev–Trinajstić information content (AvgIpc) is 3.01. The van der Waals surface area contributed by atoms with E-state index in [4.69, 9.17) is 0 Å². The van der Waals surface area contributed by atoms with E-state index < -0.39 is 11.9 Å². The van der Waals surface area contributed by atoms with Gasteiger partial charge >= 0.3 is 6.18 Å². The summed E-state index contributed by atoms with van der Waals surface area (Å²) in [6.07, 6.45) is -3.93. The van der Waals surface area contributed by atoms with E-state index >= 15 is 0 Å². The molecule has 130 valence electrons. The summed E-state index contributed by atoms with van der Waals surface area (Å²) in [5.41, 5.74) is -0.640. The summed E-state index contributed by atoms with van der Waals surface area (Å²) in [5.74, 6) is 0.236. The zero-order chi connectivity index (χ0) is 17.7. The molecule has 0 fully saturated rings. The molecule has 8 heteroatoms. The Hall–Kier alpha value is -1.96. The van der Waals surface area contributed by atoms with Gasteiger partial charge in [0.25, 0.3) is 0 Å². The summed E-state index contributed by atoms with van der Waals surface area (Å²) in [5, 5.41) is 16.2. The summed E-state index contributed by atoms with van der Waals surface area (Å²) in [6, 6.07) is 10.1. The number of hydrogen-bond donors (Lipinski definition) is 1. The minimum Gasteiger partial charge on any atom is -0.411 e. The van der Waals surface area contributed by atoms with Crippen LogP contribution in [0.2, 0.25) is 0 Å². The van der Waals surface area contributed by atoms with Gasteiger partial charge in [-0.05, 0) is 31.5 Å². The Balaban J connectivity index is 2.31. The highest BCUT2D eigenvalue weighted by molar-refractivity contribution is 8.00. The number of thioether (sulfide) groups is 1. The Morgan fingerprint density at radius 3 is 2.54 bits per heavy atom. The number of hydrogen-bond acceptors (Lipinski definition) is 4. The highest BCUT2D eigenvalue weighted by Crippen LogP contribution is 2.31. The molecule has 0 spiro atoms. The second kappa shape index (κ2) is 7.74. The molecule has 0 aliphatic carbocycles. The fourth-order valence-corrected chi connectivity index (χ4v) is 2.94. The van der Waals surface area contributed by atoms with Gasteiger partial charge in [0.15, 0.2) is 5.69 Å². The number of nitrogens with zero attached hydrogens (tertiary/aromatic N) is 3. The van der Waals surface area contributed by atoms with Crippen LogP contribution in [0.15, 0.2) is 46.4 Å². The molecule has 1 N–H and O–H groups in total. The van der Waals surface area contributed by atoms with E-state index in [-0.39, 0.29) is 23.2 Å². The van der Waals surface area contributed by atoms with Gasteiger partial charge in [0.1, 0.15) is 5.71 Å². The third kappa shape index (κ3) is 4.31. The lowest BCUT2D eigenvalue weighted by Gasteiger charge is -2.14. The molecule has 1 aromatic carbocycles. The predicted molar refractivity (Wildman–Crippen MR) is 87.7 cm³/mol. The zero-order valence-corrected chi connectivity index (χ0v) is 14.1. The highest BCUT2D eigenvalue weighted by Gasteiger charge is 2.36. The molecule has 4 nitrogen and oxygen atoms in total. The van der Waals surface area contributed by atoms with Crippen molar-refractivity contribution in [1.29, 1.82) is 0 Å². The van der Waals surface area contributed by atoms with E-state index in [0.29, 0.717) is 6.42 Å². The van der Waals surface area contributed by atoms with Gasteiger partial charge in [-0.15, -0.1) is 11.8 Å². The van der Waals surface area contributed by atoms with Crippen molar-refractivity contribution in [2.24, 2.45) is 5.16 Å². The number of benzene rings is 1. The smallest absolute Gasteiger partial charge is 0.411 e. The van der Waals surface area contributed by atoms with Gasteiger partial charge < -0.3 is 5.21 Å². The van der Waals surface area contributed by atoms with Gasteiger partial charge in [0, 0.05) is 16.7 Å². The van der Waals surface area contributed by atoms with Gasteiger partial charge in [-0.1, -0.05) is 30.3 Å². The molecule has 2 rings (SSSR count). The molecule has 1 heterocycles. The molecule has 0 saturated carbocycles. The summed E-state index contributed by atoms with van der Waals surface area (Å²) >= 11 is 1.38. The molecule has 0 bridgehead atoms. The Labute approximate surface area is 142 Å². The largest absolute Gasteiger partial charge is 0.435 e. The fraction of sp³-hybridized carbons (Fsp3) is 0.375. The van der Waals surface area contributed by atoms with E-state index in [1.807, 2.05) is 37.3 Å². The first-order chi connectivity index (χ1) is 11.4. The van der Waals surface area contributed by atoms with Crippen molar-refractivity contribution in [2.75, 3.05) is 5.75 Å². The van der Waals surface area contributed by atoms with Crippen molar-refractivity contribution >= 4 is 17.5 Å². The number of halogens is 3. The third-order valence-electron chi connectivity index (χ3n) is 3.57. The topological polar surface area (TPSA) is 50.4 Å². The normalized spacial score (nSPS) is 14.0. The number of rotatable bonds is 6. The van der Waals surface area contributed by atoms with Crippen LogP contribution in [0.25, 0.3) is 0 Å². The molecular formula is C16H18F3N3OS. The minimum absolute atomic E-state index is 0.159. The highest BCUT2D eigenvalue weighted by atomic mass is 32.2. The lowest BCUT2D eigenvalue weighted by Crippen LogP contribution is -2.16. The minimum atomic E-state index is -4.54. The monoisotopic (exact) mass is 357 g/mol. The first kappa shape index (κ1) is 18.4. The summed E-state index contributed by atoms with van der Waals surface area (Å²) in [4.78, 5) is 0.935. The number of oxime groups is 1. The van der Waals surface area contributed by atoms with Crippen LogP contribution in [0.5, 0.6) is 0 Å². The van der Waals surface area contributed by atoms with E-state index in [2.05, 4.69) is 10.3 Å². The number of alkyl halides is 3. The summed E-state index contributed by atoms with van der Waals surface area (Å²) in [7, 11) is 0. The van der Waals surface area contributed by atoms with Crippen molar-refractivity contribution in [2.45, 2.75) is 37.4 Å². The molecule has 0 radical (unpaired) electrons. The Kier molecular flexibility index (Phi) is 5.93. The van der Waals surface area contributed by atoms with Crippen LogP contribution in [0.3, 0.4) is 0 Å². The quantitative estimate of drug-likeness (QED) is 0.348. The van der Waals surface area contributed by atoms with Crippen LogP contribution in [-0.4, -0.2) is 26.5 Å². The molecule has 0 aliphatic heterocycles. The number of aromatic nitrogens is 2. The second-order valence-corrected chi connectivity index (χ2v) is 6.31. The van der Waals surface area contributed by atoms with Crippen LogP contribution < -0.4 is 0 Å². The van der Waals surface area contributed by atoms with Crippen molar-refractivity contribution in [1.82, 2.24) is 9.78 Å². The first-order valence-corrected chi connectivity index (χ1v) is 8.41. The average molecular weight is 357 g/mol. The molecule has 0 amide bonds. The van der Waals surface area contributed by atoms with Gasteiger partial charge in [0.05, 0.1) is 5.69 Å².